The van der Waals surface area contributed by atoms with Gasteiger partial charge < -0.3 is 19.7 Å². The highest BCUT2D eigenvalue weighted by Gasteiger charge is 2.61. The van der Waals surface area contributed by atoms with E-state index in [2.05, 4.69) is 0 Å². The fourth-order valence-corrected chi connectivity index (χ4v) is 5.06. The molecule has 2 aliphatic rings. The minimum atomic E-state index is -0.974. The molecule has 2 N–H and O–H groups in total. The van der Waals surface area contributed by atoms with E-state index in [1.165, 1.54) is 0 Å². The molecule has 0 aromatic heterocycles. The number of rotatable bonds is 7. The number of hydrogen-bond donors (Lipinski definition) is 2. The van der Waals surface area contributed by atoms with Crippen LogP contribution in [0.25, 0.3) is 0 Å². The number of carbonyl (C=O) groups is 2. The molecular formula is C20H34O6. The lowest BCUT2D eigenvalue weighted by molar-refractivity contribution is -0.173. The van der Waals surface area contributed by atoms with Crippen LogP contribution >= 0.6 is 0 Å². The van der Waals surface area contributed by atoms with Gasteiger partial charge in [0.2, 0.25) is 0 Å². The molecule has 0 saturated heterocycles. The molecule has 2 rings (SSSR count). The summed E-state index contributed by atoms with van der Waals surface area (Å²) in [7, 11) is 0. The van der Waals surface area contributed by atoms with Crippen LogP contribution in [-0.2, 0) is 19.1 Å². The molecule has 6 nitrogen and oxygen atoms in total. The predicted molar refractivity (Wildman–Crippen MR) is 96.1 cm³/mol. The first kappa shape index (κ1) is 21.2. The van der Waals surface area contributed by atoms with Crippen LogP contribution < -0.4 is 0 Å². The Morgan fingerprint density at radius 3 is 2.15 bits per heavy atom. The topological polar surface area (TPSA) is 93.1 Å². The molecule has 0 aliphatic heterocycles. The molecule has 0 radical (unpaired) electrons. The van der Waals surface area contributed by atoms with Crippen LogP contribution in [0.2, 0.25) is 0 Å². The molecule has 6 heteroatoms. The molecule has 0 aromatic rings. The summed E-state index contributed by atoms with van der Waals surface area (Å²) in [6, 6.07) is 0. The van der Waals surface area contributed by atoms with E-state index in [0.29, 0.717) is 12.8 Å². The molecule has 26 heavy (non-hydrogen) atoms. The van der Waals surface area contributed by atoms with Crippen LogP contribution in [0.3, 0.4) is 0 Å². The monoisotopic (exact) mass is 370 g/mol. The lowest BCUT2D eigenvalue weighted by Crippen LogP contribution is -2.52. The highest BCUT2D eigenvalue weighted by atomic mass is 16.6. The minimum Gasteiger partial charge on any atom is -0.460 e. The molecule has 150 valence electrons. The van der Waals surface area contributed by atoms with Crippen LogP contribution in [0.1, 0.15) is 60.8 Å². The van der Waals surface area contributed by atoms with Gasteiger partial charge in [0.25, 0.3) is 0 Å². The third-order valence-corrected chi connectivity index (χ3v) is 6.20. The van der Waals surface area contributed by atoms with Crippen molar-refractivity contribution in [1.29, 1.82) is 0 Å². The molecule has 0 heterocycles. The molecule has 0 amide bonds. The average Bonchev–Trinajstić information content (AvgIpc) is 3.08. The van der Waals surface area contributed by atoms with Crippen LogP contribution in [0, 0.1) is 29.6 Å². The van der Waals surface area contributed by atoms with Gasteiger partial charge in [-0.25, -0.2) is 4.79 Å². The van der Waals surface area contributed by atoms with Gasteiger partial charge in [0.05, 0.1) is 17.1 Å². The van der Waals surface area contributed by atoms with Crippen molar-refractivity contribution in [2.24, 2.45) is 29.6 Å². The van der Waals surface area contributed by atoms with Gasteiger partial charge in [-0.05, 0) is 64.7 Å². The van der Waals surface area contributed by atoms with Crippen molar-refractivity contribution in [3.63, 3.8) is 0 Å². The number of aliphatic hydroxyl groups is 2. The zero-order valence-corrected chi connectivity index (χ0v) is 16.8. The average molecular weight is 370 g/mol. The maximum Gasteiger partial charge on any atom is 0.344 e. The van der Waals surface area contributed by atoms with Crippen LogP contribution in [0.15, 0.2) is 0 Å². The van der Waals surface area contributed by atoms with Gasteiger partial charge in [-0.2, -0.15) is 0 Å². The first-order valence-corrected chi connectivity index (χ1v) is 9.67. The first-order chi connectivity index (χ1) is 11.9. The third-order valence-electron chi connectivity index (χ3n) is 6.20. The van der Waals surface area contributed by atoms with E-state index in [-0.39, 0.29) is 42.3 Å². The molecule has 0 spiro atoms. The highest BCUT2D eigenvalue weighted by molar-refractivity contribution is 5.77. The summed E-state index contributed by atoms with van der Waals surface area (Å²) in [5.41, 5.74) is -1.87. The molecule has 2 bridgehead atoms. The Morgan fingerprint density at radius 1 is 1.08 bits per heavy atom. The molecule has 6 atom stereocenters. The van der Waals surface area contributed by atoms with E-state index in [4.69, 9.17) is 9.47 Å². The second-order valence-electron chi connectivity index (χ2n) is 9.20. The summed E-state index contributed by atoms with van der Waals surface area (Å²) >= 11 is 0. The van der Waals surface area contributed by atoms with Gasteiger partial charge in [0.1, 0.15) is 6.10 Å². The quantitative estimate of drug-likeness (QED) is 0.668. The number of hydrogen-bond acceptors (Lipinski definition) is 6. The maximum atomic E-state index is 12.1. The van der Waals surface area contributed by atoms with Crippen molar-refractivity contribution in [3.8, 4) is 0 Å². The van der Waals surface area contributed by atoms with Crippen LogP contribution in [0.5, 0.6) is 0 Å². The molecule has 2 fully saturated rings. The van der Waals surface area contributed by atoms with E-state index in [9.17, 15) is 19.8 Å². The molecule has 6 unspecified atom stereocenters. The first-order valence-electron chi connectivity index (χ1n) is 9.67. The second-order valence-corrected chi connectivity index (χ2v) is 9.20. The molecular weight excluding hydrogens is 336 g/mol. The zero-order chi connectivity index (χ0) is 19.9. The third kappa shape index (κ3) is 4.39. The summed E-state index contributed by atoms with van der Waals surface area (Å²) in [5.74, 6) is -1.16. The van der Waals surface area contributed by atoms with Crippen LogP contribution in [-0.4, -0.2) is 46.1 Å². The number of fused-ring (bicyclic) bond motifs is 2. The van der Waals surface area contributed by atoms with Crippen molar-refractivity contribution < 1.29 is 29.3 Å². The van der Waals surface area contributed by atoms with Crippen molar-refractivity contribution in [3.05, 3.63) is 0 Å². The summed E-state index contributed by atoms with van der Waals surface area (Å²) < 4.78 is 10.6. The van der Waals surface area contributed by atoms with Gasteiger partial charge in [-0.3, -0.25) is 4.79 Å². The number of esters is 2. The fourth-order valence-electron chi connectivity index (χ4n) is 5.06. The molecule has 2 aliphatic carbocycles. The smallest absolute Gasteiger partial charge is 0.344 e. The Balaban J connectivity index is 1.99. The highest BCUT2D eigenvalue weighted by Crippen LogP contribution is 2.59. The van der Waals surface area contributed by atoms with Gasteiger partial charge in [-0.1, -0.05) is 13.8 Å². The maximum absolute atomic E-state index is 12.1. The van der Waals surface area contributed by atoms with Crippen molar-refractivity contribution >= 4 is 11.9 Å². The van der Waals surface area contributed by atoms with E-state index in [1.807, 2.05) is 6.92 Å². The Kier molecular flexibility index (Phi) is 6.08. The van der Waals surface area contributed by atoms with Crippen molar-refractivity contribution in [2.45, 2.75) is 78.1 Å². The summed E-state index contributed by atoms with van der Waals surface area (Å²) in [6.45, 7) is 10.3. The number of ether oxygens (including phenoxy) is 2. The largest absolute Gasteiger partial charge is 0.460 e. The van der Waals surface area contributed by atoms with E-state index >= 15 is 0 Å². The Morgan fingerprint density at radius 2 is 1.65 bits per heavy atom. The van der Waals surface area contributed by atoms with E-state index < -0.39 is 23.1 Å². The fraction of sp³-hybridized carbons (Fsp3) is 0.900. The van der Waals surface area contributed by atoms with Gasteiger partial charge >= 0.3 is 11.9 Å². The minimum absolute atomic E-state index is 0.00522. The normalized spacial score (nSPS) is 32.4. The SMILES string of the molecule is CCC(C)C(=O)OCC(=O)OC1CC2CC1C(C(C)(C)O)C2C(C)(C)O. The van der Waals surface area contributed by atoms with Crippen molar-refractivity contribution in [1.82, 2.24) is 0 Å². The van der Waals surface area contributed by atoms with Crippen molar-refractivity contribution in [2.75, 3.05) is 6.61 Å². The van der Waals surface area contributed by atoms with E-state index in [1.54, 1.807) is 34.6 Å². The van der Waals surface area contributed by atoms with Gasteiger partial charge in [0, 0.05) is 5.92 Å². The number of carbonyl (C=O) groups excluding carboxylic acids is 2. The lowest BCUT2D eigenvalue weighted by atomic mass is 9.65. The van der Waals surface area contributed by atoms with Gasteiger partial charge in [-0.15, -0.1) is 0 Å². The summed E-state index contributed by atoms with van der Waals surface area (Å²) in [5, 5.41) is 21.3. The second kappa shape index (κ2) is 7.47. The van der Waals surface area contributed by atoms with Gasteiger partial charge in [0.15, 0.2) is 6.61 Å². The van der Waals surface area contributed by atoms with Crippen LogP contribution in [0.4, 0.5) is 0 Å². The standard InChI is InChI=1S/C20H34O6/c1-7-11(2)18(22)25-10-15(21)26-14-9-12-8-13(14)17(20(5,6)24)16(12)19(3,4)23/h11-14,16-17,23-24H,7-10H2,1-6H3. The lowest BCUT2D eigenvalue weighted by Gasteiger charge is -2.46. The summed E-state index contributed by atoms with van der Waals surface area (Å²) in [6.07, 6.45) is 1.86. The molecule has 0 aromatic carbocycles. The summed E-state index contributed by atoms with van der Waals surface area (Å²) in [4.78, 5) is 23.8. The predicted octanol–water partition coefficient (Wildman–Crippen LogP) is 2.30. The molecule has 2 saturated carbocycles. The van der Waals surface area contributed by atoms with E-state index in [0.717, 1.165) is 6.42 Å². The Labute approximate surface area is 156 Å². The Bertz CT molecular complexity index is 529. The zero-order valence-electron chi connectivity index (χ0n) is 16.8. The Hall–Kier alpha value is -1.14.